The van der Waals surface area contributed by atoms with Gasteiger partial charge in [-0.1, -0.05) is 17.7 Å². The van der Waals surface area contributed by atoms with Crippen molar-refractivity contribution in [2.24, 2.45) is 0 Å². The Morgan fingerprint density at radius 1 is 1.10 bits per heavy atom. The van der Waals surface area contributed by atoms with Crippen LogP contribution in [0.4, 0.5) is 10.1 Å². The van der Waals surface area contributed by atoms with Gasteiger partial charge in [-0.15, -0.1) is 0 Å². The minimum Gasteiger partial charge on any atom is -0.381 e. The van der Waals surface area contributed by atoms with Gasteiger partial charge in [0.2, 0.25) is 0 Å². The summed E-state index contributed by atoms with van der Waals surface area (Å²) in [6.45, 7) is 0.265. The van der Waals surface area contributed by atoms with Crippen molar-refractivity contribution in [1.82, 2.24) is 14.8 Å². The summed E-state index contributed by atoms with van der Waals surface area (Å²) < 4.78 is 15.5. The zero-order valence-electron chi connectivity index (χ0n) is 15.2. The summed E-state index contributed by atoms with van der Waals surface area (Å²) in [6.07, 6.45) is 3.39. The second-order valence-electron chi connectivity index (χ2n) is 6.28. The zero-order valence-corrected chi connectivity index (χ0v) is 15.9. The Morgan fingerprint density at radius 2 is 1.93 bits per heavy atom. The minimum atomic E-state index is -0.347. The largest absolute Gasteiger partial charge is 0.381 e. The monoisotopic (exact) mass is 403 g/mol. The van der Waals surface area contributed by atoms with Gasteiger partial charge in [-0.25, -0.2) is 9.07 Å². The molecule has 0 aliphatic carbocycles. The van der Waals surface area contributed by atoms with Crippen LogP contribution in [0.5, 0.6) is 0 Å². The van der Waals surface area contributed by atoms with Crippen molar-refractivity contribution >= 4 is 17.3 Å². The summed E-state index contributed by atoms with van der Waals surface area (Å²) in [5, 5.41) is 17.5. The Kier molecular flexibility index (Phi) is 5.23. The van der Waals surface area contributed by atoms with Gasteiger partial charge in [0.05, 0.1) is 11.4 Å². The van der Waals surface area contributed by atoms with Gasteiger partial charge in [-0.3, -0.25) is 4.98 Å². The number of anilines is 1. The fraction of sp³-hybridized carbons (Fsp3) is 0.0455. The van der Waals surface area contributed by atoms with Gasteiger partial charge in [0.25, 0.3) is 0 Å². The quantitative estimate of drug-likeness (QED) is 0.496. The molecule has 7 heteroatoms. The molecule has 0 atom stereocenters. The van der Waals surface area contributed by atoms with Crippen LogP contribution in [0.25, 0.3) is 16.9 Å². The Bertz CT molecular complexity index is 1160. The van der Waals surface area contributed by atoms with E-state index in [1.807, 2.05) is 36.4 Å². The number of nitrogens with zero attached hydrogens (tertiary/aromatic N) is 4. The first-order chi connectivity index (χ1) is 14.2. The van der Waals surface area contributed by atoms with Crippen molar-refractivity contribution < 1.29 is 4.39 Å². The van der Waals surface area contributed by atoms with Crippen LogP contribution < -0.4 is 5.32 Å². The molecule has 2 heterocycles. The van der Waals surface area contributed by atoms with Crippen LogP contribution in [-0.4, -0.2) is 14.8 Å². The molecule has 0 radical (unpaired) electrons. The lowest BCUT2D eigenvalue weighted by Gasteiger charge is -2.10. The highest BCUT2D eigenvalue weighted by Crippen LogP contribution is 2.23. The predicted octanol–water partition coefficient (Wildman–Crippen LogP) is 5.21. The van der Waals surface area contributed by atoms with E-state index in [0.717, 1.165) is 16.9 Å². The number of aromatic nitrogens is 3. The van der Waals surface area contributed by atoms with E-state index in [0.29, 0.717) is 22.0 Å². The molecule has 0 saturated heterocycles. The third-order valence-electron chi connectivity index (χ3n) is 4.42. The molecule has 0 fully saturated rings. The zero-order chi connectivity index (χ0) is 20.2. The summed E-state index contributed by atoms with van der Waals surface area (Å²) >= 11 is 6.06. The van der Waals surface area contributed by atoms with E-state index in [2.05, 4.69) is 21.5 Å². The molecular formula is C22H15ClFN5. The molecule has 2 aromatic carbocycles. The molecule has 2 aromatic heterocycles. The van der Waals surface area contributed by atoms with Gasteiger partial charge in [-0.2, -0.15) is 10.4 Å². The number of hydrogen-bond acceptors (Lipinski definition) is 4. The van der Waals surface area contributed by atoms with E-state index in [1.54, 1.807) is 35.3 Å². The smallest absolute Gasteiger partial charge is 0.144 e. The third kappa shape index (κ3) is 3.96. The van der Waals surface area contributed by atoms with E-state index in [9.17, 15) is 9.65 Å². The lowest BCUT2D eigenvalue weighted by atomic mass is 10.2. The van der Waals surface area contributed by atoms with Crippen molar-refractivity contribution in [2.45, 2.75) is 6.54 Å². The number of halogens is 2. The topological polar surface area (TPSA) is 66.5 Å². The average molecular weight is 404 g/mol. The minimum absolute atomic E-state index is 0.265. The van der Waals surface area contributed by atoms with Gasteiger partial charge in [-0.05, 0) is 48.5 Å². The SMILES string of the molecule is N#Cc1cc(-c2cccnc2)nn1-c1ccc(NCc2c(F)cccc2Cl)cc1. The van der Waals surface area contributed by atoms with Crippen molar-refractivity contribution in [3.8, 4) is 23.0 Å². The third-order valence-corrected chi connectivity index (χ3v) is 4.78. The number of nitriles is 1. The van der Waals surface area contributed by atoms with E-state index < -0.39 is 0 Å². The number of nitrogens with one attached hydrogen (secondary N) is 1. The predicted molar refractivity (Wildman–Crippen MR) is 110 cm³/mol. The highest BCUT2D eigenvalue weighted by Gasteiger charge is 2.11. The lowest BCUT2D eigenvalue weighted by molar-refractivity contribution is 0.613. The number of pyridine rings is 1. The van der Waals surface area contributed by atoms with Crippen molar-refractivity contribution in [3.05, 3.63) is 95.2 Å². The Hall–Kier alpha value is -3.69. The maximum atomic E-state index is 13.9. The fourth-order valence-electron chi connectivity index (χ4n) is 2.93. The first-order valence-corrected chi connectivity index (χ1v) is 9.21. The standard InChI is InChI=1S/C22H15ClFN5/c23-20-4-1-5-21(24)19(20)14-27-16-6-8-17(9-7-16)29-18(12-25)11-22(28-29)15-3-2-10-26-13-15/h1-11,13,27H,14H2. The van der Waals surface area contributed by atoms with Crippen LogP contribution in [0.3, 0.4) is 0 Å². The van der Waals surface area contributed by atoms with Crippen LogP contribution in [0, 0.1) is 17.1 Å². The summed E-state index contributed by atoms with van der Waals surface area (Å²) in [4.78, 5) is 4.09. The van der Waals surface area contributed by atoms with Gasteiger partial charge < -0.3 is 5.32 Å². The van der Waals surface area contributed by atoms with Gasteiger partial charge in [0, 0.05) is 46.8 Å². The molecule has 5 nitrogen and oxygen atoms in total. The summed E-state index contributed by atoms with van der Waals surface area (Å²) in [5.74, 6) is -0.347. The van der Waals surface area contributed by atoms with Crippen LogP contribution in [0.1, 0.15) is 11.3 Å². The van der Waals surface area contributed by atoms with Crippen LogP contribution in [0.2, 0.25) is 5.02 Å². The van der Waals surface area contributed by atoms with E-state index in [4.69, 9.17) is 11.6 Å². The average Bonchev–Trinajstić information content (AvgIpc) is 3.19. The molecule has 1 N–H and O–H groups in total. The molecule has 4 aromatic rings. The molecule has 142 valence electrons. The molecule has 4 rings (SSSR count). The molecule has 0 bridgehead atoms. The highest BCUT2D eigenvalue weighted by molar-refractivity contribution is 6.31. The van der Waals surface area contributed by atoms with Gasteiger partial charge in [0.15, 0.2) is 0 Å². The van der Waals surface area contributed by atoms with Crippen molar-refractivity contribution in [2.75, 3.05) is 5.32 Å². The van der Waals surface area contributed by atoms with Crippen LogP contribution >= 0.6 is 11.6 Å². The normalized spacial score (nSPS) is 10.5. The molecule has 0 aliphatic rings. The Morgan fingerprint density at radius 3 is 2.62 bits per heavy atom. The fourth-order valence-corrected chi connectivity index (χ4v) is 3.15. The number of rotatable bonds is 5. The summed E-state index contributed by atoms with van der Waals surface area (Å²) in [7, 11) is 0. The van der Waals surface area contributed by atoms with E-state index in [1.165, 1.54) is 6.07 Å². The molecule has 0 saturated carbocycles. The van der Waals surface area contributed by atoms with E-state index >= 15 is 0 Å². The first-order valence-electron chi connectivity index (χ1n) is 8.83. The molecule has 0 unspecified atom stereocenters. The van der Waals surface area contributed by atoms with Gasteiger partial charge in [0.1, 0.15) is 17.6 Å². The second kappa shape index (κ2) is 8.13. The number of benzene rings is 2. The van der Waals surface area contributed by atoms with Gasteiger partial charge >= 0.3 is 0 Å². The highest BCUT2D eigenvalue weighted by atomic mass is 35.5. The van der Waals surface area contributed by atoms with Crippen molar-refractivity contribution in [1.29, 1.82) is 5.26 Å². The first kappa shape index (κ1) is 18.7. The Labute approximate surface area is 172 Å². The van der Waals surface area contributed by atoms with Crippen LogP contribution in [0.15, 0.2) is 73.1 Å². The molecule has 0 amide bonds. The van der Waals surface area contributed by atoms with E-state index in [-0.39, 0.29) is 12.4 Å². The molecular weight excluding hydrogens is 389 g/mol. The summed E-state index contributed by atoms with van der Waals surface area (Å²) in [6, 6.07) is 19.6. The summed E-state index contributed by atoms with van der Waals surface area (Å²) in [5.41, 5.74) is 3.88. The maximum absolute atomic E-state index is 13.9. The number of hydrogen-bond donors (Lipinski definition) is 1. The molecule has 0 aliphatic heterocycles. The Balaban J connectivity index is 1.55. The maximum Gasteiger partial charge on any atom is 0.144 e. The second-order valence-corrected chi connectivity index (χ2v) is 6.69. The van der Waals surface area contributed by atoms with Crippen LogP contribution in [-0.2, 0) is 6.54 Å². The molecule has 29 heavy (non-hydrogen) atoms. The molecule has 0 spiro atoms. The lowest BCUT2D eigenvalue weighted by Crippen LogP contribution is -2.03. The van der Waals surface area contributed by atoms with Crippen molar-refractivity contribution in [3.63, 3.8) is 0 Å².